The van der Waals surface area contributed by atoms with Crippen LogP contribution in [-0.4, -0.2) is 14.3 Å². The number of benzene rings is 2. The molecule has 0 aliphatic carbocycles. The lowest BCUT2D eigenvalue weighted by Crippen LogP contribution is -2.22. The second kappa shape index (κ2) is 4.24. The Morgan fingerprint density at radius 2 is 1.60 bits per heavy atom. The summed E-state index contributed by atoms with van der Waals surface area (Å²) in [5.74, 6) is 0.266. The molecule has 1 heterocycles. The maximum absolute atomic E-state index is 12.2. The Morgan fingerprint density at radius 1 is 0.950 bits per heavy atom. The summed E-state index contributed by atoms with van der Waals surface area (Å²) >= 11 is 0. The molecule has 0 saturated heterocycles. The number of sulfonamides is 1. The molecule has 2 aromatic carbocycles. The van der Waals surface area contributed by atoms with Gasteiger partial charge in [0.25, 0.3) is 10.0 Å². The van der Waals surface area contributed by atoms with Gasteiger partial charge in [0.15, 0.2) is 5.84 Å². The average molecular weight is 288 g/mol. The van der Waals surface area contributed by atoms with Gasteiger partial charge in [0.2, 0.25) is 0 Å². The predicted molar refractivity (Wildman–Crippen MR) is 79.1 cm³/mol. The van der Waals surface area contributed by atoms with Crippen LogP contribution < -0.4 is 16.8 Å². The number of anilines is 3. The third kappa shape index (κ3) is 2.08. The first kappa shape index (κ1) is 12.5. The molecule has 5 N–H and O–H groups in total. The summed E-state index contributed by atoms with van der Waals surface area (Å²) in [7, 11) is -3.76. The van der Waals surface area contributed by atoms with Crippen molar-refractivity contribution in [1.82, 2.24) is 0 Å². The van der Waals surface area contributed by atoms with Crippen molar-refractivity contribution < 1.29 is 8.42 Å². The summed E-state index contributed by atoms with van der Waals surface area (Å²) in [6, 6.07) is 11.4. The minimum atomic E-state index is -3.76. The van der Waals surface area contributed by atoms with Crippen molar-refractivity contribution >= 4 is 32.9 Å². The van der Waals surface area contributed by atoms with Crippen molar-refractivity contribution in [2.45, 2.75) is 4.90 Å². The molecule has 1 aliphatic heterocycles. The fourth-order valence-electron chi connectivity index (χ4n) is 1.94. The molecular formula is C13H12N4O2S. The van der Waals surface area contributed by atoms with Crippen molar-refractivity contribution in [1.29, 1.82) is 0 Å². The number of nitrogen functional groups attached to an aromatic ring is 2. The van der Waals surface area contributed by atoms with Crippen LogP contribution in [0.5, 0.6) is 0 Å². The number of nitrogens with two attached hydrogens (primary N) is 2. The van der Waals surface area contributed by atoms with E-state index in [1.165, 1.54) is 6.07 Å². The number of nitrogens with one attached hydrogen (secondary N) is 1. The van der Waals surface area contributed by atoms with E-state index >= 15 is 0 Å². The summed E-state index contributed by atoms with van der Waals surface area (Å²) < 4.78 is 28.1. The van der Waals surface area contributed by atoms with Gasteiger partial charge in [0, 0.05) is 16.9 Å². The lowest BCUT2D eigenvalue weighted by Gasteiger charge is -2.18. The fraction of sp³-hybridized carbons (Fsp3) is 0. The second-order valence-corrected chi connectivity index (χ2v) is 5.99. The molecule has 0 radical (unpaired) electrons. The molecule has 0 atom stereocenters. The Hall–Kier alpha value is -2.54. The van der Waals surface area contributed by atoms with E-state index < -0.39 is 10.0 Å². The molecule has 0 aromatic heterocycles. The van der Waals surface area contributed by atoms with Gasteiger partial charge in [0.1, 0.15) is 4.90 Å². The topological polar surface area (TPSA) is 111 Å². The van der Waals surface area contributed by atoms with Crippen LogP contribution in [0.25, 0.3) is 0 Å². The lowest BCUT2D eigenvalue weighted by molar-refractivity contribution is 0.598. The Kier molecular flexibility index (Phi) is 2.65. The zero-order chi connectivity index (χ0) is 14.3. The van der Waals surface area contributed by atoms with Gasteiger partial charge in [-0.05, 0) is 42.5 Å². The second-order valence-electron chi connectivity index (χ2n) is 4.42. The lowest BCUT2D eigenvalue weighted by atomic mass is 10.2. The van der Waals surface area contributed by atoms with Crippen molar-refractivity contribution in [3.05, 3.63) is 48.0 Å². The van der Waals surface area contributed by atoms with Crippen LogP contribution in [0.15, 0.2) is 51.8 Å². The molecule has 0 unspecified atom stereocenters. The summed E-state index contributed by atoms with van der Waals surface area (Å²) in [6.45, 7) is 0. The van der Waals surface area contributed by atoms with Crippen molar-refractivity contribution in [2.24, 2.45) is 4.40 Å². The predicted octanol–water partition coefficient (Wildman–Crippen LogP) is 1.41. The Balaban J connectivity index is 2.12. The van der Waals surface area contributed by atoms with Crippen molar-refractivity contribution in [2.75, 3.05) is 16.8 Å². The minimum Gasteiger partial charge on any atom is -0.399 e. The highest BCUT2D eigenvalue weighted by molar-refractivity contribution is 7.90. The van der Waals surface area contributed by atoms with Crippen LogP contribution in [0, 0.1) is 0 Å². The first-order valence-corrected chi connectivity index (χ1v) is 7.27. The van der Waals surface area contributed by atoms with Crippen LogP contribution in [0.3, 0.4) is 0 Å². The third-order valence-corrected chi connectivity index (χ3v) is 4.25. The van der Waals surface area contributed by atoms with Gasteiger partial charge in [-0.2, -0.15) is 8.42 Å². The van der Waals surface area contributed by atoms with Gasteiger partial charge in [0.05, 0.1) is 5.69 Å². The van der Waals surface area contributed by atoms with Crippen molar-refractivity contribution in [3.63, 3.8) is 0 Å². The number of hydrogen-bond acceptors (Lipinski definition) is 5. The quantitative estimate of drug-likeness (QED) is 0.687. The summed E-state index contributed by atoms with van der Waals surface area (Å²) in [4.78, 5) is 0.0803. The third-order valence-electron chi connectivity index (χ3n) is 2.93. The molecule has 0 spiro atoms. The van der Waals surface area contributed by atoms with Gasteiger partial charge in [-0.1, -0.05) is 0 Å². The molecule has 20 heavy (non-hydrogen) atoms. The number of rotatable bonds is 1. The van der Waals surface area contributed by atoms with Crippen LogP contribution >= 0.6 is 0 Å². The van der Waals surface area contributed by atoms with Gasteiger partial charge in [-0.15, -0.1) is 4.40 Å². The smallest absolute Gasteiger partial charge is 0.286 e. The monoisotopic (exact) mass is 288 g/mol. The zero-order valence-corrected chi connectivity index (χ0v) is 11.2. The molecule has 7 heteroatoms. The fourth-order valence-corrected chi connectivity index (χ4v) is 3.11. The maximum atomic E-state index is 12.2. The molecular weight excluding hydrogens is 276 g/mol. The standard InChI is InChI=1S/C13H12N4O2S/c14-9-3-1-8(2-4-9)13-16-11-6-5-10(15)7-12(11)20(18,19)17-13/h1-7H,14-15H2,(H,16,17). The largest absolute Gasteiger partial charge is 0.399 e. The summed E-state index contributed by atoms with van der Waals surface area (Å²) in [5, 5.41) is 2.99. The normalized spacial score (nSPS) is 15.9. The molecule has 1 aliphatic rings. The van der Waals surface area contributed by atoms with Crippen LogP contribution in [-0.2, 0) is 10.0 Å². The Bertz CT molecular complexity index is 811. The number of hydrogen-bond donors (Lipinski definition) is 3. The van der Waals surface area contributed by atoms with E-state index in [1.54, 1.807) is 36.4 Å². The van der Waals surface area contributed by atoms with Crippen LogP contribution in [0.2, 0.25) is 0 Å². The molecule has 102 valence electrons. The first-order chi connectivity index (χ1) is 9.45. The highest BCUT2D eigenvalue weighted by atomic mass is 32.2. The number of nitrogens with zero attached hydrogens (tertiary/aromatic N) is 1. The SMILES string of the molecule is Nc1ccc(C2=NS(=O)(=O)c3cc(N)ccc3N2)cc1. The van der Waals surface area contributed by atoms with E-state index in [-0.39, 0.29) is 10.7 Å². The summed E-state index contributed by atoms with van der Waals surface area (Å²) in [6.07, 6.45) is 0. The number of fused-ring (bicyclic) bond motifs is 1. The Labute approximate surface area is 116 Å². The van der Waals surface area contributed by atoms with E-state index in [4.69, 9.17) is 11.5 Å². The van der Waals surface area contributed by atoms with Gasteiger partial charge < -0.3 is 16.8 Å². The maximum Gasteiger partial charge on any atom is 0.286 e. The van der Waals surface area contributed by atoms with Crippen molar-refractivity contribution in [3.8, 4) is 0 Å². The van der Waals surface area contributed by atoms with Gasteiger partial charge in [-0.3, -0.25) is 0 Å². The first-order valence-electron chi connectivity index (χ1n) is 5.83. The Morgan fingerprint density at radius 3 is 2.30 bits per heavy atom. The molecule has 3 rings (SSSR count). The van der Waals surface area contributed by atoms with Gasteiger partial charge in [-0.25, -0.2) is 0 Å². The van der Waals surface area contributed by atoms with E-state index in [2.05, 4.69) is 9.71 Å². The zero-order valence-electron chi connectivity index (χ0n) is 10.4. The van der Waals surface area contributed by atoms with E-state index in [1.807, 2.05) is 0 Å². The van der Waals surface area contributed by atoms with Crippen LogP contribution in [0.4, 0.5) is 17.1 Å². The van der Waals surface area contributed by atoms with E-state index in [0.29, 0.717) is 22.6 Å². The van der Waals surface area contributed by atoms with Crippen LogP contribution in [0.1, 0.15) is 5.56 Å². The highest BCUT2D eigenvalue weighted by Crippen LogP contribution is 2.30. The van der Waals surface area contributed by atoms with E-state index in [9.17, 15) is 8.42 Å². The molecule has 0 bridgehead atoms. The summed E-state index contributed by atoms with van der Waals surface area (Å²) in [5.41, 5.74) is 13.3. The molecule has 0 amide bonds. The number of amidine groups is 1. The average Bonchev–Trinajstić information content (AvgIpc) is 2.40. The highest BCUT2D eigenvalue weighted by Gasteiger charge is 2.25. The molecule has 2 aromatic rings. The van der Waals surface area contributed by atoms with E-state index in [0.717, 1.165) is 0 Å². The molecule has 0 fully saturated rings. The minimum absolute atomic E-state index is 0.0803. The molecule has 0 saturated carbocycles. The van der Waals surface area contributed by atoms with Gasteiger partial charge >= 0.3 is 0 Å². The molecule has 6 nitrogen and oxygen atoms in total.